The molecule has 11 nitrogen and oxygen atoms in total. The average Bonchev–Trinajstić information content (AvgIpc) is 3.05. The van der Waals surface area contributed by atoms with Gasteiger partial charge in [-0.1, -0.05) is 18.2 Å². The Morgan fingerprint density at radius 1 is 1.00 bits per heavy atom. The number of benzene rings is 1. The number of carbonyl (C=O) groups excluding carboxylic acids is 2. The third-order valence-corrected chi connectivity index (χ3v) is 7.30. The summed E-state index contributed by atoms with van der Waals surface area (Å²) in [6.07, 6.45) is 8.05. The van der Waals surface area contributed by atoms with Gasteiger partial charge in [-0.05, 0) is 95.2 Å². The quantitative estimate of drug-likeness (QED) is 0.217. The third kappa shape index (κ3) is 6.96. The first-order chi connectivity index (χ1) is 21.4. The molecule has 4 heterocycles. The Labute approximate surface area is 255 Å². The van der Waals surface area contributed by atoms with Crippen LogP contribution in [0, 0.1) is 0 Å². The molecular formula is C33H33N7O4. The molecule has 3 aromatic heterocycles. The van der Waals surface area contributed by atoms with E-state index in [1.807, 2.05) is 18.2 Å². The molecule has 0 atom stereocenters. The summed E-state index contributed by atoms with van der Waals surface area (Å²) in [7, 11) is 2.07. The number of aliphatic imine (C=N–C) groups is 1. The first-order valence-electron chi connectivity index (χ1n) is 14.2. The predicted octanol–water partition coefficient (Wildman–Crippen LogP) is 4.48. The molecule has 224 valence electrons. The van der Waals surface area contributed by atoms with E-state index in [4.69, 9.17) is 4.74 Å². The van der Waals surface area contributed by atoms with Gasteiger partial charge in [-0.2, -0.15) is 0 Å². The molecule has 1 aromatic carbocycles. The molecule has 1 aliphatic rings. The van der Waals surface area contributed by atoms with Crippen LogP contribution in [0.25, 0.3) is 11.4 Å². The standard InChI is InChI=1S/C33H33N7O4/c1-4-29(26-19-27(35-21-28(26)34-2)32(42)37-22-14-17-39(3)18-15-22)44-24-12-13-30(36-20-24)38-31(41)25-11-8-16-40(33(25)43)23-9-6-5-7-10-23/h4-13,16,19-22H,2,14-15,17-18H2,1,3H3,(H,37,42)(H,36,38,41)/b29-4+. The lowest BCUT2D eigenvalue weighted by molar-refractivity contribution is 0.0911. The number of rotatable bonds is 9. The van der Waals surface area contributed by atoms with Crippen molar-refractivity contribution >= 4 is 35.8 Å². The highest BCUT2D eigenvalue weighted by Gasteiger charge is 2.21. The van der Waals surface area contributed by atoms with Gasteiger partial charge in [-0.15, -0.1) is 0 Å². The van der Waals surface area contributed by atoms with Crippen LogP contribution in [0.15, 0.2) is 95.1 Å². The summed E-state index contributed by atoms with van der Waals surface area (Å²) in [5.41, 5.74) is 1.43. The molecule has 0 aliphatic carbocycles. The van der Waals surface area contributed by atoms with Gasteiger partial charge in [-0.25, -0.2) is 9.97 Å². The van der Waals surface area contributed by atoms with E-state index in [0.717, 1.165) is 25.9 Å². The number of piperidine rings is 1. The number of allylic oxidation sites excluding steroid dienone is 1. The highest BCUT2D eigenvalue weighted by molar-refractivity contribution is 6.03. The van der Waals surface area contributed by atoms with Gasteiger partial charge < -0.3 is 20.3 Å². The maximum Gasteiger partial charge on any atom is 0.270 e. The topological polar surface area (TPSA) is 131 Å². The van der Waals surface area contributed by atoms with Gasteiger partial charge in [0.25, 0.3) is 17.4 Å². The highest BCUT2D eigenvalue weighted by atomic mass is 16.5. The first kappa shape index (κ1) is 30.1. The summed E-state index contributed by atoms with van der Waals surface area (Å²) in [4.78, 5) is 53.8. The largest absolute Gasteiger partial charge is 0.455 e. The second-order valence-corrected chi connectivity index (χ2v) is 10.3. The molecule has 4 aromatic rings. The molecule has 0 unspecified atom stereocenters. The molecule has 0 bridgehead atoms. The van der Waals surface area contributed by atoms with Crippen LogP contribution >= 0.6 is 0 Å². The van der Waals surface area contributed by atoms with Crippen molar-refractivity contribution < 1.29 is 14.3 Å². The van der Waals surface area contributed by atoms with E-state index in [1.54, 1.807) is 55.6 Å². The van der Waals surface area contributed by atoms with E-state index in [2.05, 4.69) is 44.3 Å². The SMILES string of the molecule is C=Nc1cnc(C(=O)NC2CCN(C)CC2)cc1/C(=C\C)Oc1ccc(NC(=O)c2cccn(-c3ccccc3)c2=O)nc1. The number of carbonyl (C=O) groups is 2. The number of pyridine rings is 3. The van der Waals surface area contributed by atoms with Crippen molar-refractivity contribution in [2.75, 3.05) is 25.5 Å². The van der Waals surface area contributed by atoms with Gasteiger partial charge in [0.15, 0.2) is 0 Å². The Morgan fingerprint density at radius 2 is 1.77 bits per heavy atom. The fourth-order valence-electron chi connectivity index (χ4n) is 4.86. The van der Waals surface area contributed by atoms with Crippen LogP contribution in [0.3, 0.4) is 0 Å². The zero-order valence-corrected chi connectivity index (χ0v) is 24.6. The van der Waals surface area contributed by atoms with Crippen molar-refractivity contribution in [3.63, 3.8) is 0 Å². The molecular weight excluding hydrogens is 558 g/mol. The van der Waals surface area contributed by atoms with Crippen molar-refractivity contribution in [1.29, 1.82) is 0 Å². The smallest absolute Gasteiger partial charge is 0.270 e. The van der Waals surface area contributed by atoms with E-state index in [0.29, 0.717) is 28.4 Å². The zero-order chi connectivity index (χ0) is 31.1. The Balaban J connectivity index is 1.28. The molecule has 11 heteroatoms. The molecule has 0 radical (unpaired) electrons. The van der Waals surface area contributed by atoms with Crippen LogP contribution < -0.4 is 20.9 Å². The average molecular weight is 592 g/mol. The monoisotopic (exact) mass is 591 g/mol. The van der Waals surface area contributed by atoms with Crippen LogP contribution in [0.1, 0.15) is 46.2 Å². The Bertz CT molecular complexity index is 1740. The van der Waals surface area contributed by atoms with Crippen molar-refractivity contribution in [2.24, 2.45) is 4.99 Å². The summed E-state index contributed by atoms with van der Waals surface area (Å²) < 4.78 is 7.51. The number of hydrogen-bond donors (Lipinski definition) is 2. The van der Waals surface area contributed by atoms with Crippen LogP contribution in [-0.4, -0.2) is 64.1 Å². The number of likely N-dealkylation sites (tertiary alicyclic amines) is 1. The Hall–Kier alpha value is -5.42. The summed E-state index contributed by atoms with van der Waals surface area (Å²) >= 11 is 0. The minimum absolute atomic E-state index is 0.0208. The minimum Gasteiger partial charge on any atom is -0.455 e. The molecule has 0 saturated carbocycles. The zero-order valence-electron chi connectivity index (χ0n) is 24.6. The maximum absolute atomic E-state index is 13.0. The summed E-state index contributed by atoms with van der Waals surface area (Å²) in [5, 5.41) is 5.74. The fourth-order valence-corrected chi connectivity index (χ4v) is 4.86. The van der Waals surface area contributed by atoms with Crippen LogP contribution in [0.2, 0.25) is 0 Å². The number of nitrogens with zero attached hydrogens (tertiary/aromatic N) is 5. The molecule has 1 fully saturated rings. The summed E-state index contributed by atoms with van der Waals surface area (Å²) in [6, 6.07) is 17.1. The number of amides is 2. The number of nitrogens with one attached hydrogen (secondary N) is 2. The van der Waals surface area contributed by atoms with Gasteiger partial charge in [-0.3, -0.25) is 23.9 Å². The van der Waals surface area contributed by atoms with Crippen molar-refractivity contribution in [2.45, 2.75) is 25.8 Å². The lowest BCUT2D eigenvalue weighted by atomic mass is 10.1. The van der Waals surface area contributed by atoms with E-state index < -0.39 is 11.5 Å². The second-order valence-electron chi connectivity index (χ2n) is 10.3. The van der Waals surface area contributed by atoms with Crippen molar-refractivity contribution in [3.05, 3.63) is 113 Å². The number of para-hydroxylation sites is 1. The first-order valence-corrected chi connectivity index (χ1v) is 14.2. The predicted molar refractivity (Wildman–Crippen MR) is 170 cm³/mol. The Morgan fingerprint density at radius 3 is 2.45 bits per heavy atom. The molecule has 5 rings (SSSR count). The second kappa shape index (κ2) is 13.7. The van der Waals surface area contributed by atoms with Crippen molar-refractivity contribution in [3.8, 4) is 11.4 Å². The lowest BCUT2D eigenvalue weighted by Crippen LogP contribution is -2.43. The van der Waals surface area contributed by atoms with E-state index >= 15 is 0 Å². The highest BCUT2D eigenvalue weighted by Crippen LogP contribution is 2.29. The van der Waals surface area contributed by atoms with Gasteiger partial charge in [0.1, 0.15) is 28.6 Å². The summed E-state index contributed by atoms with van der Waals surface area (Å²) in [6.45, 7) is 7.28. The molecule has 2 N–H and O–H groups in total. The number of ether oxygens (including phenoxy) is 1. The lowest BCUT2D eigenvalue weighted by Gasteiger charge is -2.29. The van der Waals surface area contributed by atoms with Gasteiger partial charge in [0.2, 0.25) is 0 Å². The molecule has 1 aliphatic heterocycles. The molecule has 44 heavy (non-hydrogen) atoms. The molecule has 0 spiro atoms. The van der Waals surface area contributed by atoms with E-state index in [1.165, 1.54) is 23.0 Å². The number of aromatic nitrogens is 3. The number of hydrogen-bond acceptors (Lipinski definition) is 8. The van der Waals surface area contributed by atoms with E-state index in [9.17, 15) is 14.4 Å². The summed E-state index contributed by atoms with van der Waals surface area (Å²) in [5.74, 6) is 0.200. The fraction of sp³-hybridized carbons (Fsp3) is 0.212. The van der Waals surface area contributed by atoms with E-state index in [-0.39, 0.29) is 29.0 Å². The molecule has 2 amide bonds. The van der Waals surface area contributed by atoms with Gasteiger partial charge in [0, 0.05) is 23.5 Å². The van der Waals surface area contributed by atoms with Crippen LogP contribution in [-0.2, 0) is 0 Å². The maximum atomic E-state index is 13.0. The third-order valence-electron chi connectivity index (χ3n) is 7.30. The van der Waals surface area contributed by atoms with Crippen LogP contribution in [0.5, 0.6) is 5.75 Å². The molecule has 1 saturated heterocycles. The van der Waals surface area contributed by atoms with Crippen LogP contribution in [0.4, 0.5) is 11.5 Å². The normalized spacial score (nSPS) is 14.1. The van der Waals surface area contributed by atoms with Crippen molar-refractivity contribution in [1.82, 2.24) is 24.8 Å². The minimum atomic E-state index is -0.583. The Kier molecular flexibility index (Phi) is 9.36. The number of anilines is 1. The van der Waals surface area contributed by atoms with Gasteiger partial charge in [0.05, 0.1) is 18.1 Å². The van der Waals surface area contributed by atoms with Gasteiger partial charge >= 0.3 is 0 Å².